The molecule has 0 amide bonds. The van der Waals surface area contributed by atoms with Crippen molar-refractivity contribution in [3.63, 3.8) is 0 Å². The molecule has 1 aliphatic carbocycles. The molecule has 0 spiro atoms. The van der Waals surface area contributed by atoms with E-state index in [1.54, 1.807) is 5.19 Å². The Hall–Kier alpha value is -1.38. The smallest absolute Gasteiger partial charge is 0.0868 e. The Morgan fingerprint density at radius 1 is 1.00 bits per heavy atom. The fourth-order valence-electron chi connectivity index (χ4n) is 4.92. The van der Waals surface area contributed by atoms with Gasteiger partial charge in [-0.1, -0.05) is 98.2 Å². The molecule has 3 atom stereocenters. The Kier molecular flexibility index (Phi) is 5.22. The molecule has 25 heavy (non-hydrogen) atoms. The molecule has 0 aliphatic heterocycles. The lowest BCUT2D eigenvalue weighted by atomic mass is 9.57. The first-order valence-corrected chi connectivity index (χ1v) is 12.4. The molecule has 2 heteroatoms. The Morgan fingerprint density at radius 2 is 1.60 bits per heavy atom. The minimum absolute atomic E-state index is 0.00332. The predicted octanol–water partition coefficient (Wildman–Crippen LogP) is 5.25. The summed E-state index contributed by atoms with van der Waals surface area (Å²) in [6, 6.07) is 23.8. The summed E-state index contributed by atoms with van der Waals surface area (Å²) in [6.07, 6.45) is 0.735. The van der Waals surface area contributed by atoms with Crippen molar-refractivity contribution in [2.45, 2.75) is 64.3 Å². The molecule has 0 bridgehead atoms. The van der Waals surface area contributed by atoms with Gasteiger partial charge >= 0.3 is 0 Å². The third kappa shape index (κ3) is 3.22. The highest BCUT2D eigenvalue weighted by molar-refractivity contribution is 6.91. The normalized spacial score (nSPS) is 26.3. The Balaban J connectivity index is 1.93. The third-order valence-electron chi connectivity index (χ3n) is 6.95. The van der Waals surface area contributed by atoms with Crippen LogP contribution in [0.2, 0.25) is 18.1 Å². The highest BCUT2D eigenvalue weighted by atomic mass is 28.3. The molecule has 0 aromatic heterocycles. The van der Waals surface area contributed by atoms with E-state index < -0.39 is 8.07 Å². The lowest BCUT2D eigenvalue weighted by Gasteiger charge is -2.55. The number of aliphatic hydroxyl groups is 1. The largest absolute Gasteiger partial charge is 0.393 e. The van der Waals surface area contributed by atoms with E-state index in [-0.39, 0.29) is 11.5 Å². The zero-order valence-electron chi connectivity index (χ0n) is 16.1. The summed E-state index contributed by atoms with van der Waals surface area (Å²) in [6.45, 7) is 9.19. The zero-order chi connectivity index (χ0) is 18.1. The first-order valence-electron chi connectivity index (χ1n) is 9.75. The van der Waals surface area contributed by atoms with Crippen molar-refractivity contribution >= 4 is 13.3 Å². The van der Waals surface area contributed by atoms with Crippen LogP contribution < -0.4 is 5.19 Å². The fourth-order valence-corrected chi connectivity index (χ4v) is 9.78. The average Bonchev–Trinajstić information content (AvgIpc) is 2.66. The minimum Gasteiger partial charge on any atom is -0.393 e. The molecule has 0 heterocycles. The molecular formula is C23H32OSi. The van der Waals surface area contributed by atoms with Gasteiger partial charge in [0.2, 0.25) is 0 Å². The van der Waals surface area contributed by atoms with Crippen LogP contribution in [0.4, 0.5) is 0 Å². The van der Waals surface area contributed by atoms with E-state index in [0.29, 0.717) is 5.92 Å². The van der Waals surface area contributed by atoms with Crippen LogP contribution >= 0.6 is 0 Å². The van der Waals surface area contributed by atoms with Crippen molar-refractivity contribution in [1.82, 2.24) is 0 Å². The van der Waals surface area contributed by atoms with Gasteiger partial charge in [-0.2, -0.15) is 0 Å². The van der Waals surface area contributed by atoms with Crippen molar-refractivity contribution in [3.8, 4) is 0 Å². The quantitative estimate of drug-likeness (QED) is 0.704. The van der Waals surface area contributed by atoms with Crippen LogP contribution in [-0.2, 0) is 0 Å². The van der Waals surface area contributed by atoms with E-state index in [1.165, 1.54) is 29.3 Å². The Bertz CT molecular complexity index is 690. The highest BCUT2D eigenvalue weighted by Crippen LogP contribution is 2.57. The highest BCUT2D eigenvalue weighted by Gasteiger charge is 2.55. The SMILES string of the molecule is CC[Si](CC)(C[C@]1(C)[C@H](O)C[C@@H]1c1ccc(C)cc1)c1ccccc1. The van der Waals surface area contributed by atoms with E-state index in [4.69, 9.17) is 0 Å². The molecule has 0 saturated heterocycles. The first kappa shape index (κ1) is 18.4. The van der Waals surface area contributed by atoms with Gasteiger partial charge in [-0.25, -0.2) is 0 Å². The molecule has 1 N–H and O–H groups in total. The van der Waals surface area contributed by atoms with Crippen molar-refractivity contribution in [2.75, 3.05) is 0 Å². The second-order valence-corrected chi connectivity index (χ2v) is 13.2. The number of aliphatic hydroxyl groups excluding tert-OH is 1. The van der Waals surface area contributed by atoms with Gasteiger partial charge in [0.1, 0.15) is 0 Å². The summed E-state index contributed by atoms with van der Waals surface area (Å²) in [5.41, 5.74) is 2.71. The van der Waals surface area contributed by atoms with Crippen LogP contribution in [0.5, 0.6) is 0 Å². The molecule has 2 aromatic carbocycles. The maximum Gasteiger partial charge on any atom is 0.0868 e. The second-order valence-electron chi connectivity index (χ2n) is 8.25. The van der Waals surface area contributed by atoms with Crippen molar-refractivity contribution in [3.05, 3.63) is 65.7 Å². The van der Waals surface area contributed by atoms with Gasteiger partial charge in [-0.05, 0) is 36.3 Å². The van der Waals surface area contributed by atoms with Gasteiger partial charge in [0.05, 0.1) is 14.2 Å². The summed E-state index contributed by atoms with van der Waals surface area (Å²) in [5.74, 6) is 0.483. The van der Waals surface area contributed by atoms with Crippen LogP contribution in [0.1, 0.15) is 44.2 Å². The standard InChI is InChI=1S/C23H32OSi/c1-5-25(6-2,20-10-8-7-9-11-20)17-23(4)21(16-22(23)24)19-14-12-18(3)13-15-19/h7-15,21-22,24H,5-6,16-17H2,1-4H3/t21-,22-,23+/m1/s1. The van der Waals surface area contributed by atoms with Gasteiger partial charge in [0.25, 0.3) is 0 Å². The molecular weight excluding hydrogens is 320 g/mol. The summed E-state index contributed by atoms with van der Waals surface area (Å²) in [4.78, 5) is 0. The first-order chi connectivity index (χ1) is 11.9. The topological polar surface area (TPSA) is 20.2 Å². The molecule has 3 rings (SSSR count). The number of hydrogen-bond acceptors (Lipinski definition) is 1. The van der Waals surface area contributed by atoms with Crippen LogP contribution in [0.15, 0.2) is 54.6 Å². The number of hydrogen-bond donors (Lipinski definition) is 1. The van der Waals surface area contributed by atoms with Crippen LogP contribution in [0.25, 0.3) is 0 Å². The fraction of sp³-hybridized carbons (Fsp3) is 0.478. The van der Waals surface area contributed by atoms with Crippen molar-refractivity contribution in [2.24, 2.45) is 5.41 Å². The molecule has 0 unspecified atom stereocenters. The maximum absolute atomic E-state index is 10.8. The van der Waals surface area contributed by atoms with Crippen LogP contribution in [-0.4, -0.2) is 19.3 Å². The molecule has 1 saturated carbocycles. The second kappa shape index (κ2) is 7.09. The minimum atomic E-state index is -1.61. The van der Waals surface area contributed by atoms with Gasteiger partial charge in [0, 0.05) is 0 Å². The van der Waals surface area contributed by atoms with E-state index in [0.717, 1.165) is 6.42 Å². The van der Waals surface area contributed by atoms with E-state index >= 15 is 0 Å². The van der Waals surface area contributed by atoms with Crippen molar-refractivity contribution in [1.29, 1.82) is 0 Å². The van der Waals surface area contributed by atoms with E-state index in [9.17, 15) is 5.11 Å². The number of rotatable bonds is 6. The molecule has 1 nitrogen and oxygen atoms in total. The zero-order valence-corrected chi connectivity index (χ0v) is 17.1. The van der Waals surface area contributed by atoms with Crippen LogP contribution in [0.3, 0.4) is 0 Å². The molecule has 1 aliphatic rings. The summed E-state index contributed by atoms with van der Waals surface area (Å²) in [7, 11) is -1.61. The summed E-state index contributed by atoms with van der Waals surface area (Å²) >= 11 is 0. The predicted molar refractivity (Wildman–Crippen MR) is 110 cm³/mol. The van der Waals surface area contributed by atoms with Crippen molar-refractivity contribution < 1.29 is 5.11 Å². The van der Waals surface area contributed by atoms with Gasteiger partial charge in [-0.3, -0.25) is 0 Å². The number of benzene rings is 2. The van der Waals surface area contributed by atoms with Gasteiger partial charge in [0.15, 0.2) is 0 Å². The van der Waals surface area contributed by atoms with Crippen LogP contribution in [0, 0.1) is 12.3 Å². The summed E-state index contributed by atoms with van der Waals surface area (Å²) in [5, 5.41) is 12.3. The molecule has 134 valence electrons. The lowest BCUT2D eigenvalue weighted by molar-refractivity contribution is -0.0632. The third-order valence-corrected chi connectivity index (χ3v) is 12.7. The monoisotopic (exact) mass is 352 g/mol. The summed E-state index contributed by atoms with van der Waals surface area (Å²) < 4.78 is 0. The van der Waals surface area contributed by atoms with Gasteiger partial charge in [-0.15, -0.1) is 0 Å². The molecule has 1 fully saturated rings. The Morgan fingerprint density at radius 3 is 2.12 bits per heavy atom. The Labute approximate surface area is 154 Å². The molecule has 0 radical (unpaired) electrons. The molecule has 2 aromatic rings. The van der Waals surface area contributed by atoms with E-state index in [2.05, 4.69) is 82.3 Å². The van der Waals surface area contributed by atoms with E-state index in [1.807, 2.05) is 0 Å². The van der Waals surface area contributed by atoms with Gasteiger partial charge < -0.3 is 5.11 Å². The maximum atomic E-state index is 10.8. The average molecular weight is 353 g/mol. The number of aryl methyl sites for hydroxylation is 1. The lowest BCUT2D eigenvalue weighted by Crippen LogP contribution is -2.58.